The third-order valence-corrected chi connectivity index (χ3v) is 3.92. The molecule has 2 rings (SSSR count). The van der Waals surface area contributed by atoms with Crippen molar-refractivity contribution in [1.82, 2.24) is 10.3 Å². The Balaban J connectivity index is 2.30. The summed E-state index contributed by atoms with van der Waals surface area (Å²) in [7, 11) is -2.41. The first-order valence-electron chi connectivity index (χ1n) is 6.00. The summed E-state index contributed by atoms with van der Waals surface area (Å²) in [4.78, 5) is 3.79. The minimum Gasteiger partial charge on any atom is -0.316 e. The van der Waals surface area contributed by atoms with E-state index in [1.807, 2.05) is 4.72 Å². The average Bonchev–Trinajstić information content (AvgIpc) is 2.44. The van der Waals surface area contributed by atoms with Crippen LogP contribution in [0.5, 0.6) is 0 Å². The first-order chi connectivity index (χ1) is 9.94. The number of halogens is 2. The lowest BCUT2D eigenvalue weighted by molar-refractivity contribution is 0.581. The zero-order valence-electron chi connectivity index (χ0n) is 11.1. The number of benzene rings is 1. The maximum Gasteiger partial charge on any atom is 0.279 e. The van der Waals surface area contributed by atoms with Gasteiger partial charge < -0.3 is 5.32 Å². The first-order valence-corrected chi connectivity index (χ1v) is 7.48. The fourth-order valence-electron chi connectivity index (χ4n) is 1.66. The summed E-state index contributed by atoms with van der Waals surface area (Å²) in [6, 6.07) is 5.91. The molecule has 0 fully saturated rings. The highest BCUT2D eigenvalue weighted by atomic mass is 32.2. The van der Waals surface area contributed by atoms with Crippen molar-refractivity contribution in [1.29, 1.82) is 0 Å². The van der Waals surface area contributed by atoms with Gasteiger partial charge in [0.05, 0.1) is 0 Å². The molecule has 8 heteroatoms. The van der Waals surface area contributed by atoms with Crippen LogP contribution < -0.4 is 10.0 Å². The summed E-state index contributed by atoms with van der Waals surface area (Å²) in [5.41, 5.74) is 0.0622. The van der Waals surface area contributed by atoms with Crippen LogP contribution in [0.15, 0.2) is 41.6 Å². The van der Waals surface area contributed by atoms with Crippen molar-refractivity contribution in [2.45, 2.75) is 11.6 Å². The van der Waals surface area contributed by atoms with E-state index >= 15 is 0 Å². The molecule has 1 aromatic carbocycles. The Bertz CT molecular complexity index is 713. The molecule has 2 N–H and O–H groups in total. The van der Waals surface area contributed by atoms with Gasteiger partial charge in [-0.3, -0.25) is 4.72 Å². The van der Waals surface area contributed by atoms with Gasteiger partial charge in [-0.05, 0) is 30.8 Å². The maximum absolute atomic E-state index is 13.5. The number of sulfonamides is 1. The normalized spacial score (nSPS) is 11.4. The van der Waals surface area contributed by atoms with Crippen molar-refractivity contribution in [3.05, 3.63) is 53.7 Å². The number of para-hydroxylation sites is 1. The minimum absolute atomic E-state index is 0.315. The van der Waals surface area contributed by atoms with Crippen molar-refractivity contribution < 1.29 is 17.2 Å². The first kappa shape index (κ1) is 15.3. The summed E-state index contributed by atoms with van der Waals surface area (Å²) >= 11 is 0. The highest BCUT2D eigenvalue weighted by molar-refractivity contribution is 7.92. The molecule has 2 aromatic rings. The molecule has 0 saturated carbocycles. The van der Waals surface area contributed by atoms with Gasteiger partial charge in [-0.2, -0.15) is 8.42 Å². The predicted octanol–water partition coefficient (Wildman–Crippen LogP) is 1.88. The van der Waals surface area contributed by atoms with Gasteiger partial charge in [0, 0.05) is 12.7 Å². The fraction of sp³-hybridized carbons (Fsp3) is 0.154. The molecule has 0 aliphatic rings. The van der Waals surface area contributed by atoms with Crippen molar-refractivity contribution >= 4 is 15.7 Å². The second-order valence-corrected chi connectivity index (χ2v) is 5.87. The number of aromatic nitrogens is 1. The van der Waals surface area contributed by atoms with Crippen LogP contribution in [0.4, 0.5) is 14.5 Å². The van der Waals surface area contributed by atoms with Gasteiger partial charge in [-0.1, -0.05) is 12.1 Å². The van der Waals surface area contributed by atoms with E-state index in [9.17, 15) is 17.2 Å². The van der Waals surface area contributed by atoms with E-state index < -0.39 is 27.3 Å². The van der Waals surface area contributed by atoms with Gasteiger partial charge in [0.2, 0.25) is 0 Å². The lowest BCUT2D eigenvalue weighted by atomic mass is 10.3. The average molecular weight is 313 g/mol. The number of pyridine rings is 1. The molecule has 0 bridgehead atoms. The molecule has 0 radical (unpaired) electrons. The Morgan fingerprint density at radius 1 is 1.14 bits per heavy atom. The van der Waals surface area contributed by atoms with Crippen molar-refractivity contribution in [2.24, 2.45) is 0 Å². The number of anilines is 1. The van der Waals surface area contributed by atoms with E-state index in [1.165, 1.54) is 12.3 Å². The van der Waals surface area contributed by atoms with Gasteiger partial charge in [0.15, 0.2) is 5.03 Å². The van der Waals surface area contributed by atoms with Crippen LogP contribution in [0.2, 0.25) is 0 Å². The topological polar surface area (TPSA) is 71.1 Å². The third kappa shape index (κ3) is 3.53. The molecule has 112 valence electrons. The maximum atomic E-state index is 13.5. The van der Waals surface area contributed by atoms with E-state index in [2.05, 4.69) is 10.3 Å². The molecule has 0 amide bonds. The molecule has 0 atom stereocenters. The third-order valence-electron chi connectivity index (χ3n) is 2.65. The van der Waals surface area contributed by atoms with E-state index in [4.69, 9.17) is 0 Å². The Labute approximate surface area is 121 Å². The Morgan fingerprint density at radius 2 is 1.81 bits per heavy atom. The molecule has 0 saturated heterocycles. The lowest BCUT2D eigenvalue weighted by Gasteiger charge is -2.09. The molecule has 0 unspecified atom stereocenters. The lowest BCUT2D eigenvalue weighted by Crippen LogP contribution is -2.17. The van der Waals surface area contributed by atoms with Crippen LogP contribution >= 0.6 is 0 Å². The van der Waals surface area contributed by atoms with Crippen LogP contribution in [0, 0.1) is 11.6 Å². The zero-order chi connectivity index (χ0) is 15.5. The molecule has 0 spiro atoms. The number of rotatable bonds is 5. The SMILES string of the molecule is CNCc1ccc(S(=O)(=O)Nc2c(F)cccc2F)nc1. The van der Waals surface area contributed by atoms with Crippen LogP contribution in [0.1, 0.15) is 5.56 Å². The monoisotopic (exact) mass is 313 g/mol. The Morgan fingerprint density at radius 3 is 2.33 bits per heavy atom. The minimum atomic E-state index is -4.15. The van der Waals surface area contributed by atoms with Crippen molar-refractivity contribution in [2.75, 3.05) is 11.8 Å². The standard InChI is InChI=1S/C13H13F2N3O2S/c1-16-7-9-5-6-12(17-8-9)21(19,20)18-13-10(14)3-2-4-11(13)15/h2-6,8,16,18H,7H2,1H3. The van der Waals surface area contributed by atoms with E-state index in [0.717, 1.165) is 23.8 Å². The largest absolute Gasteiger partial charge is 0.316 e. The highest BCUT2D eigenvalue weighted by Gasteiger charge is 2.20. The van der Waals surface area contributed by atoms with Crippen LogP contribution in [-0.2, 0) is 16.6 Å². The summed E-state index contributed by atoms with van der Waals surface area (Å²) in [6.07, 6.45) is 1.38. The summed E-state index contributed by atoms with van der Waals surface area (Å²) in [5.74, 6) is -1.99. The smallest absolute Gasteiger partial charge is 0.279 e. The van der Waals surface area contributed by atoms with Gasteiger partial charge in [0.25, 0.3) is 10.0 Å². The molecular formula is C13H13F2N3O2S. The molecule has 0 aliphatic heterocycles. The number of nitrogens with zero attached hydrogens (tertiary/aromatic N) is 1. The van der Waals surface area contributed by atoms with E-state index in [0.29, 0.717) is 6.54 Å². The second-order valence-electron chi connectivity index (χ2n) is 4.24. The fourth-order valence-corrected chi connectivity index (χ4v) is 2.67. The highest BCUT2D eigenvalue weighted by Crippen LogP contribution is 2.21. The van der Waals surface area contributed by atoms with E-state index in [1.54, 1.807) is 13.1 Å². The number of hydrogen-bond acceptors (Lipinski definition) is 4. The predicted molar refractivity (Wildman–Crippen MR) is 74.2 cm³/mol. The number of nitrogens with one attached hydrogen (secondary N) is 2. The van der Waals surface area contributed by atoms with Crippen molar-refractivity contribution in [3.63, 3.8) is 0 Å². The summed E-state index contributed by atoms with van der Waals surface area (Å²) < 4.78 is 52.9. The molecule has 21 heavy (non-hydrogen) atoms. The number of hydrogen-bond donors (Lipinski definition) is 2. The summed E-state index contributed by atoms with van der Waals surface area (Å²) in [6.45, 7) is 0.530. The summed E-state index contributed by atoms with van der Waals surface area (Å²) in [5, 5.41) is 2.58. The molecule has 1 aromatic heterocycles. The zero-order valence-corrected chi connectivity index (χ0v) is 11.9. The second kappa shape index (κ2) is 6.15. The van der Waals surface area contributed by atoms with Gasteiger partial charge in [0.1, 0.15) is 17.3 Å². The van der Waals surface area contributed by atoms with Crippen LogP contribution in [0.25, 0.3) is 0 Å². The van der Waals surface area contributed by atoms with Crippen LogP contribution in [0.3, 0.4) is 0 Å². The van der Waals surface area contributed by atoms with Gasteiger partial charge in [-0.15, -0.1) is 0 Å². The van der Waals surface area contributed by atoms with Crippen molar-refractivity contribution in [3.8, 4) is 0 Å². The quantitative estimate of drug-likeness (QED) is 0.884. The van der Waals surface area contributed by atoms with Crippen LogP contribution in [-0.4, -0.2) is 20.4 Å². The molecule has 0 aliphatic carbocycles. The Kier molecular flexibility index (Phi) is 4.49. The molecule has 5 nitrogen and oxygen atoms in total. The molecular weight excluding hydrogens is 300 g/mol. The van der Waals surface area contributed by atoms with Gasteiger partial charge in [-0.25, -0.2) is 13.8 Å². The van der Waals surface area contributed by atoms with Gasteiger partial charge >= 0.3 is 0 Å². The Hall–Kier alpha value is -2.06. The van der Waals surface area contributed by atoms with E-state index in [-0.39, 0.29) is 5.03 Å². The molecule has 1 heterocycles.